The van der Waals surface area contributed by atoms with Gasteiger partial charge in [-0.25, -0.2) is 0 Å². The number of carbonyl (C=O) groups excluding carboxylic acids is 1. The third-order valence-corrected chi connectivity index (χ3v) is 1.40. The molecule has 0 aromatic carbocycles. The number of likely N-dealkylation sites (N-methyl/N-ethyl adjacent to an activating group) is 1. The Bertz CT molecular complexity index is 125. The molecule has 4 heteroatoms. The molecule has 1 unspecified atom stereocenters. The van der Waals surface area contributed by atoms with E-state index in [1.54, 1.807) is 0 Å². The maximum absolute atomic E-state index is 10.6. The van der Waals surface area contributed by atoms with E-state index in [-0.39, 0.29) is 12.2 Å². The first-order valence-corrected chi connectivity index (χ1v) is 2.91. The average molecular weight is 129 g/mol. The van der Waals surface area contributed by atoms with Gasteiger partial charge in [-0.2, -0.15) is 0 Å². The van der Waals surface area contributed by atoms with Crippen molar-refractivity contribution in [3.63, 3.8) is 0 Å². The van der Waals surface area contributed by atoms with E-state index in [0.717, 1.165) is 0 Å². The first kappa shape index (κ1) is 6.51. The predicted octanol–water partition coefficient (Wildman–Crippen LogP) is -1.45. The minimum Gasteiger partial charge on any atom is -0.327 e. The van der Waals surface area contributed by atoms with Gasteiger partial charge in [0.25, 0.3) is 0 Å². The van der Waals surface area contributed by atoms with Crippen molar-refractivity contribution in [1.29, 1.82) is 0 Å². The number of nitrogens with zero attached hydrogens (tertiary/aromatic N) is 1. The fraction of sp³-hybridized carbons (Fsp3) is 0.800. The quantitative estimate of drug-likeness (QED) is 0.455. The molecular weight excluding hydrogens is 118 g/mol. The highest BCUT2D eigenvalue weighted by Crippen LogP contribution is 1.94. The Morgan fingerprint density at radius 3 is 2.78 bits per heavy atom. The van der Waals surface area contributed by atoms with E-state index < -0.39 is 0 Å². The summed E-state index contributed by atoms with van der Waals surface area (Å²) in [6, 6.07) is 0. The molecule has 0 aliphatic carbocycles. The Labute approximate surface area is 54.2 Å². The minimum atomic E-state index is 0.0255. The molecular formula is C5H11N3O. The molecule has 52 valence electrons. The summed E-state index contributed by atoms with van der Waals surface area (Å²) >= 11 is 0. The molecule has 2 N–H and O–H groups in total. The predicted molar refractivity (Wildman–Crippen MR) is 33.6 cm³/mol. The van der Waals surface area contributed by atoms with Crippen LogP contribution in [0.15, 0.2) is 0 Å². The zero-order valence-corrected chi connectivity index (χ0v) is 5.64. The number of hydrogen-bond acceptors (Lipinski definition) is 3. The van der Waals surface area contributed by atoms with Crippen LogP contribution >= 0.6 is 0 Å². The number of hydrogen-bond donors (Lipinski definition) is 2. The van der Waals surface area contributed by atoms with Gasteiger partial charge < -0.3 is 5.32 Å². The molecule has 1 amide bonds. The van der Waals surface area contributed by atoms with Crippen LogP contribution in [0.3, 0.4) is 0 Å². The highest BCUT2D eigenvalue weighted by Gasteiger charge is 2.23. The number of amides is 1. The average Bonchev–Trinajstić information content (AvgIpc) is 2.10. The molecule has 1 aliphatic heterocycles. The van der Waals surface area contributed by atoms with E-state index in [2.05, 4.69) is 10.6 Å². The lowest BCUT2D eigenvalue weighted by Gasteiger charge is -2.15. The summed E-state index contributed by atoms with van der Waals surface area (Å²) < 4.78 is 0. The molecule has 1 heterocycles. The molecule has 0 radical (unpaired) electrons. The second-order valence-corrected chi connectivity index (χ2v) is 2.17. The Balaban J connectivity index is 2.47. The third-order valence-electron chi connectivity index (χ3n) is 1.40. The van der Waals surface area contributed by atoms with Gasteiger partial charge in [-0.15, -0.1) is 0 Å². The van der Waals surface area contributed by atoms with Crippen LogP contribution in [0.4, 0.5) is 0 Å². The van der Waals surface area contributed by atoms with Crippen molar-refractivity contribution in [2.24, 2.45) is 0 Å². The molecule has 1 rings (SSSR count). The van der Waals surface area contributed by atoms with Gasteiger partial charge in [-0.1, -0.05) is 0 Å². The third kappa shape index (κ3) is 1.20. The number of carbonyl (C=O) groups is 1. The lowest BCUT2D eigenvalue weighted by molar-refractivity contribution is -0.118. The van der Waals surface area contributed by atoms with E-state index in [0.29, 0.717) is 6.54 Å². The number of nitrogens with one attached hydrogen (secondary N) is 2. The fourth-order valence-corrected chi connectivity index (χ4v) is 0.919. The van der Waals surface area contributed by atoms with Crippen molar-refractivity contribution < 1.29 is 4.79 Å². The Kier molecular flexibility index (Phi) is 1.68. The lowest BCUT2D eigenvalue weighted by atomic mass is 10.6. The van der Waals surface area contributed by atoms with Crippen LogP contribution in [0.2, 0.25) is 0 Å². The molecule has 1 atom stereocenters. The highest BCUT2D eigenvalue weighted by atomic mass is 16.2. The highest BCUT2D eigenvalue weighted by molar-refractivity contribution is 5.80. The van der Waals surface area contributed by atoms with Gasteiger partial charge in [0.1, 0.15) is 6.29 Å². The monoisotopic (exact) mass is 129 g/mol. The van der Waals surface area contributed by atoms with Crippen molar-refractivity contribution in [2.45, 2.75) is 6.29 Å². The first-order chi connectivity index (χ1) is 4.24. The smallest absolute Gasteiger partial charge is 0.236 e. The van der Waals surface area contributed by atoms with Crippen molar-refractivity contribution in [2.75, 3.05) is 20.6 Å². The van der Waals surface area contributed by atoms with Crippen LogP contribution in [0.5, 0.6) is 0 Å². The molecule has 0 aromatic heterocycles. The van der Waals surface area contributed by atoms with E-state index in [4.69, 9.17) is 0 Å². The molecule has 0 saturated carbocycles. The topological polar surface area (TPSA) is 44.4 Å². The Hall–Kier alpha value is -0.610. The van der Waals surface area contributed by atoms with Gasteiger partial charge >= 0.3 is 0 Å². The van der Waals surface area contributed by atoms with Crippen molar-refractivity contribution >= 4 is 5.91 Å². The molecule has 0 aromatic rings. The van der Waals surface area contributed by atoms with Crippen molar-refractivity contribution in [3.8, 4) is 0 Å². The summed E-state index contributed by atoms with van der Waals surface area (Å²) in [7, 11) is 3.70. The second kappa shape index (κ2) is 2.33. The molecule has 0 spiro atoms. The van der Waals surface area contributed by atoms with Crippen molar-refractivity contribution in [1.82, 2.24) is 15.5 Å². The van der Waals surface area contributed by atoms with E-state index in [1.165, 1.54) is 0 Å². The summed E-state index contributed by atoms with van der Waals surface area (Å²) in [5.74, 6) is 0.0804. The van der Waals surface area contributed by atoms with Gasteiger partial charge in [-0.3, -0.25) is 15.0 Å². The van der Waals surface area contributed by atoms with Gasteiger partial charge in [0.15, 0.2) is 0 Å². The zero-order valence-electron chi connectivity index (χ0n) is 5.64. The Morgan fingerprint density at radius 2 is 2.56 bits per heavy atom. The molecule has 1 saturated heterocycles. The van der Waals surface area contributed by atoms with Crippen LogP contribution in [0.25, 0.3) is 0 Å². The van der Waals surface area contributed by atoms with Gasteiger partial charge in [-0.05, 0) is 14.1 Å². The van der Waals surface area contributed by atoms with Crippen LogP contribution in [-0.4, -0.2) is 37.7 Å². The molecule has 9 heavy (non-hydrogen) atoms. The fourth-order valence-electron chi connectivity index (χ4n) is 0.919. The van der Waals surface area contributed by atoms with Gasteiger partial charge in [0.2, 0.25) is 5.91 Å². The normalized spacial score (nSPS) is 28.7. The van der Waals surface area contributed by atoms with Crippen LogP contribution < -0.4 is 10.6 Å². The largest absolute Gasteiger partial charge is 0.327 e. The maximum atomic E-state index is 10.6. The zero-order chi connectivity index (χ0) is 6.85. The summed E-state index contributed by atoms with van der Waals surface area (Å²) in [5, 5.41) is 5.67. The van der Waals surface area contributed by atoms with E-state index in [9.17, 15) is 4.79 Å². The maximum Gasteiger partial charge on any atom is 0.236 e. The van der Waals surface area contributed by atoms with E-state index >= 15 is 0 Å². The SMILES string of the molecule is CNC1NC(=O)CN1C. The second-order valence-electron chi connectivity index (χ2n) is 2.17. The van der Waals surface area contributed by atoms with Gasteiger partial charge in [0.05, 0.1) is 6.54 Å². The van der Waals surface area contributed by atoms with Crippen LogP contribution in [0.1, 0.15) is 0 Å². The summed E-state index contributed by atoms with van der Waals surface area (Å²) in [4.78, 5) is 12.5. The molecule has 4 nitrogen and oxygen atoms in total. The summed E-state index contributed by atoms with van der Waals surface area (Å²) in [6.07, 6.45) is 0.0255. The van der Waals surface area contributed by atoms with Crippen LogP contribution in [0, 0.1) is 0 Å². The molecule has 0 bridgehead atoms. The summed E-state index contributed by atoms with van der Waals surface area (Å²) in [5.41, 5.74) is 0. The first-order valence-electron chi connectivity index (χ1n) is 2.91. The number of rotatable bonds is 1. The van der Waals surface area contributed by atoms with Crippen LogP contribution in [-0.2, 0) is 4.79 Å². The van der Waals surface area contributed by atoms with E-state index in [1.807, 2.05) is 19.0 Å². The molecule has 1 aliphatic rings. The standard InChI is InChI=1S/C5H11N3O/c1-6-5-7-4(9)3-8(5)2/h5-6H,3H2,1-2H3,(H,7,9). The lowest BCUT2D eigenvalue weighted by Crippen LogP contribution is -2.44. The summed E-state index contributed by atoms with van der Waals surface area (Å²) in [6.45, 7) is 0.492. The van der Waals surface area contributed by atoms with Crippen molar-refractivity contribution in [3.05, 3.63) is 0 Å². The van der Waals surface area contributed by atoms with Gasteiger partial charge in [0, 0.05) is 0 Å². The Morgan fingerprint density at radius 1 is 1.89 bits per heavy atom. The minimum absolute atomic E-state index is 0.0255. The molecule has 1 fully saturated rings.